The standard InChI is InChI=1S/C44H28/c1-5-13-29-21-37(22-30(29)14-6-1)41-42(38-23-31-15-7-2-8-16-32(31)24-38)44(40-27-35-19-11-4-12-20-36(35)28-40)43(41)39-25-33-17-9-3-10-18-34(33)26-39/h1-28H. The second kappa shape index (κ2) is 9.93. The first-order valence-electron chi connectivity index (χ1n) is 15.3. The van der Waals surface area contributed by atoms with Crippen LogP contribution in [0.4, 0.5) is 0 Å². The van der Waals surface area contributed by atoms with Crippen molar-refractivity contribution in [3.63, 3.8) is 0 Å². The molecule has 0 aromatic carbocycles. The molecule has 0 N–H and O–H groups in total. The molecule has 0 saturated heterocycles. The molecule has 9 aliphatic carbocycles. The van der Waals surface area contributed by atoms with E-state index >= 15 is 0 Å². The molecule has 0 amide bonds. The lowest BCUT2D eigenvalue weighted by atomic mass is 9.71. The van der Waals surface area contributed by atoms with Gasteiger partial charge in [0.1, 0.15) is 0 Å². The SMILES string of the molecule is c1ccc2cc(C3=C(c4cc5cccccc-5c4)C(c4cc5cccccc-5c4)=C3c3cc4cccccc-4c3)cc-2cc1. The molecule has 0 radical (unpaired) electrons. The van der Waals surface area contributed by atoms with Gasteiger partial charge in [-0.15, -0.1) is 0 Å². The lowest BCUT2D eigenvalue weighted by molar-refractivity contribution is 1.61. The van der Waals surface area contributed by atoms with Crippen LogP contribution in [0.15, 0.2) is 170 Å². The molecule has 0 fully saturated rings. The Bertz CT molecular complexity index is 1820. The smallest absolute Gasteiger partial charge is 0.00134 e. The first-order valence-corrected chi connectivity index (χ1v) is 15.3. The summed E-state index contributed by atoms with van der Waals surface area (Å²) in [5.74, 6) is 0. The van der Waals surface area contributed by atoms with Gasteiger partial charge in [0.25, 0.3) is 0 Å². The third-order valence-corrected chi connectivity index (χ3v) is 9.07. The Kier molecular flexibility index (Phi) is 5.61. The van der Waals surface area contributed by atoms with Crippen LogP contribution in [-0.2, 0) is 0 Å². The summed E-state index contributed by atoms with van der Waals surface area (Å²) in [4.78, 5) is 0. The molecule has 0 unspecified atom stereocenters. The van der Waals surface area contributed by atoms with E-state index in [4.69, 9.17) is 0 Å². The van der Waals surface area contributed by atoms with Crippen molar-refractivity contribution in [1.29, 1.82) is 0 Å². The summed E-state index contributed by atoms with van der Waals surface area (Å²) < 4.78 is 0. The highest BCUT2D eigenvalue weighted by atomic mass is 14.4. The Balaban J connectivity index is 1.36. The zero-order valence-corrected chi connectivity index (χ0v) is 24.2. The average molecular weight is 557 g/mol. The molecule has 0 nitrogen and oxygen atoms in total. The molecule has 0 heterocycles. The predicted octanol–water partition coefficient (Wildman–Crippen LogP) is 11.6. The van der Waals surface area contributed by atoms with E-state index in [9.17, 15) is 0 Å². The van der Waals surface area contributed by atoms with E-state index in [0.717, 1.165) is 0 Å². The van der Waals surface area contributed by atoms with Gasteiger partial charge < -0.3 is 0 Å². The second-order valence-corrected chi connectivity index (χ2v) is 11.8. The summed E-state index contributed by atoms with van der Waals surface area (Å²) in [7, 11) is 0. The molecule has 0 aliphatic heterocycles. The molecule has 204 valence electrons. The van der Waals surface area contributed by atoms with Crippen molar-refractivity contribution in [2.24, 2.45) is 0 Å². The normalized spacial score (nSPS) is 13.3. The van der Waals surface area contributed by atoms with Gasteiger partial charge in [0.05, 0.1) is 0 Å². The fourth-order valence-corrected chi connectivity index (χ4v) is 7.03. The predicted molar refractivity (Wildman–Crippen MR) is 186 cm³/mol. The molecule has 0 aromatic heterocycles. The van der Waals surface area contributed by atoms with E-state index in [-0.39, 0.29) is 0 Å². The molecule has 0 atom stereocenters. The number of hydrogen-bond donors (Lipinski definition) is 0. The van der Waals surface area contributed by atoms with Crippen LogP contribution in [-0.4, -0.2) is 0 Å². The van der Waals surface area contributed by atoms with Gasteiger partial charge in [0, 0.05) is 0 Å². The third kappa shape index (κ3) is 4.00. The Morgan fingerprint density at radius 2 is 0.318 bits per heavy atom. The van der Waals surface area contributed by atoms with Crippen LogP contribution in [0.1, 0.15) is 22.3 Å². The number of rotatable bonds is 4. The highest BCUT2D eigenvalue weighted by Gasteiger charge is 2.36. The summed E-state index contributed by atoms with van der Waals surface area (Å²) in [6.07, 6.45) is 0. The van der Waals surface area contributed by atoms with Gasteiger partial charge in [0.15, 0.2) is 0 Å². The van der Waals surface area contributed by atoms with Crippen LogP contribution in [0.3, 0.4) is 0 Å². The van der Waals surface area contributed by atoms with Gasteiger partial charge in [0.2, 0.25) is 0 Å². The van der Waals surface area contributed by atoms with Crippen molar-refractivity contribution >= 4 is 22.3 Å². The fourth-order valence-electron chi connectivity index (χ4n) is 7.03. The van der Waals surface area contributed by atoms with E-state index in [1.807, 2.05) is 0 Å². The molecular weight excluding hydrogens is 528 g/mol. The lowest BCUT2D eigenvalue weighted by Gasteiger charge is -2.31. The molecule has 9 aliphatic rings. The van der Waals surface area contributed by atoms with Crippen LogP contribution < -0.4 is 0 Å². The minimum atomic E-state index is 1.26. The van der Waals surface area contributed by atoms with Crippen LogP contribution in [0.2, 0.25) is 0 Å². The molecule has 0 heteroatoms. The minimum Gasteiger partial charge on any atom is -0.0622 e. The fraction of sp³-hybridized carbons (Fsp3) is 0. The number of allylic oxidation sites excluding steroid dienone is 4. The monoisotopic (exact) mass is 556 g/mol. The van der Waals surface area contributed by atoms with Gasteiger partial charge in [-0.05, 0) is 138 Å². The Morgan fingerprint density at radius 1 is 0.159 bits per heavy atom. The number of fused-ring (bicyclic) bond motifs is 4. The summed E-state index contributed by atoms with van der Waals surface area (Å²) >= 11 is 0. The molecule has 0 bridgehead atoms. The van der Waals surface area contributed by atoms with E-state index < -0.39 is 0 Å². The third-order valence-electron chi connectivity index (χ3n) is 9.07. The lowest BCUT2D eigenvalue weighted by Crippen LogP contribution is -2.08. The van der Waals surface area contributed by atoms with Crippen LogP contribution in [0.25, 0.3) is 66.8 Å². The van der Waals surface area contributed by atoms with Gasteiger partial charge >= 0.3 is 0 Å². The second-order valence-electron chi connectivity index (χ2n) is 11.8. The molecule has 0 spiro atoms. The Morgan fingerprint density at radius 3 is 0.477 bits per heavy atom. The maximum Gasteiger partial charge on any atom is -0.00134 e. The molecule has 9 rings (SSSR count). The zero-order valence-electron chi connectivity index (χ0n) is 24.2. The molecular formula is C44H28. The summed E-state index contributed by atoms with van der Waals surface area (Å²) in [6.45, 7) is 0. The summed E-state index contributed by atoms with van der Waals surface area (Å²) in [5.41, 5.74) is 20.5. The summed E-state index contributed by atoms with van der Waals surface area (Å²) in [6, 6.07) is 62.2. The zero-order chi connectivity index (χ0) is 29.0. The van der Waals surface area contributed by atoms with Crippen molar-refractivity contribution in [3.8, 4) is 44.5 Å². The van der Waals surface area contributed by atoms with Crippen molar-refractivity contribution in [2.45, 2.75) is 0 Å². The molecule has 0 saturated carbocycles. The quantitative estimate of drug-likeness (QED) is 0.202. The summed E-state index contributed by atoms with van der Waals surface area (Å²) in [5, 5.41) is 0. The van der Waals surface area contributed by atoms with Gasteiger partial charge in [-0.25, -0.2) is 0 Å². The van der Waals surface area contributed by atoms with E-state index in [1.165, 1.54) is 89.1 Å². The number of hydrogen-bond acceptors (Lipinski definition) is 0. The van der Waals surface area contributed by atoms with Crippen molar-refractivity contribution in [1.82, 2.24) is 0 Å². The van der Waals surface area contributed by atoms with Gasteiger partial charge in [-0.1, -0.05) is 121 Å². The maximum absolute atomic E-state index is 2.37. The Hall–Kier alpha value is -5.72. The van der Waals surface area contributed by atoms with E-state index in [2.05, 4.69) is 170 Å². The van der Waals surface area contributed by atoms with Crippen LogP contribution in [0.5, 0.6) is 0 Å². The molecule has 44 heavy (non-hydrogen) atoms. The van der Waals surface area contributed by atoms with Crippen molar-refractivity contribution < 1.29 is 0 Å². The first-order chi connectivity index (χ1) is 21.8. The van der Waals surface area contributed by atoms with E-state index in [1.54, 1.807) is 0 Å². The maximum atomic E-state index is 2.37. The van der Waals surface area contributed by atoms with Gasteiger partial charge in [-0.3, -0.25) is 0 Å². The largest absolute Gasteiger partial charge is 0.0622 e. The van der Waals surface area contributed by atoms with E-state index in [0.29, 0.717) is 0 Å². The highest BCUT2D eigenvalue weighted by molar-refractivity contribution is 6.44. The molecule has 0 aromatic rings. The van der Waals surface area contributed by atoms with Crippen LogP contribution >= 0.6 is 0 Å². The van der Waals surface area contributed by atoms with Crippen LogP contribution in [0, 0.1) is 0 Å². The Labute approximate surface area is 258 Å². The van der Waals surface area contributed by atoms with Crippen molar-refractivity contribution in [3.05, 3.63) is 192 Å². The van der Waals surface area contributed by atoms with Gasteiger partial charge in [-0.2, -0.15) is 0 Å². The highest BCUT2D eigenvalue weighted by Crippen LogP contribution is 2.59. The topological polar surface area (TPSA) is 0 Å². The van der Waals surface area contributed by atoms with Crippen molar-refractivity contribution in [2.75, 3.05) is 0 Å². The minimum absolute atomic E-state index is 1.26. The average Bonchev–Trinajstić information content (AvgIpc) is 3.63. The first kappa shape index (κ1) is 24.8.